The van der Waals surface area contributed by atoms with E-state index in [0.29, 0.717) is 5.69 Å². The number of rotatable bonds is 2. The molecule has 2 aromatic rings. The molecule has 2 aromatic heterocycles. The van der Waals surface area contributed by atoms with Crippen molar-refractivity contribution >= 4 is 33.4 Å². The molecular formula is C10H8BrN3S. The third-order valence-electron chi connectivity index (χ3n) is 1.75. The number of aromatic nitrogens is 2. The minimum absolute atomic E-state index is 0.672. The van der Waals surface area contributed by atoms with Gasteiger partial charge in [0.15, 0.2) is 0 Å². The fraction of sp³-hybridized carbons (Fsp3) is 0. The maximum absolute atomic E-state index is 5.84. The first-order valence-corrected chi connectivity index (χ1v) is 5.85. The largest absolute Gasteiger partial charge is 0.397 e. The zero-order chi connectivity index (χ0) is 10.7. The van der Waals surface area contributed by atoms with Crippen LogP contribution in [0.4, 0.5) is 5.69 Å². The summed E-state index contributed by atoms with van der Waals surface area (Å²) >= 11 is 5.01. The Hall–Kier alpha value is -1.07. The Bertz CT molecular complexity index is 441. The van der Waals surface area contributed by atoms with Crippen LogP contribution in [0.15, 0.2) is 51.2 Å². The van der Waals surface area contributed by atoms with Crippen LogP contribution in [-0.4, -0.2) is 9.97 Å². The predicted molar refractivity (Wildman–Crippen MR) is 64.7 cm³/mol. The quantitative estimate of drug-likeness (QED) is 0.920. The molecule has 0 aromatic carbocycles. The lowest BCUT2D eigenvalue weighted by Gasteiger charge is -2.06. The monoisotopic (exact) mass is 281 g/mol. The van der Waals surface area contributed by atoms with Gasteiger partial charge in [0.25, 0.3) is 0 Å². The molecule has 0 aliphatic rings. The predicted octanol–water partition coefficient (Wildman–Crippen LogP) is 2.97. The highest BCUT2D eigenvalue weighted by Crippen LogP contribution is 2.36. The Morgan fingerprint density at radius 3 is 2.53 bits per heavy atom. The van der Waals surface area contributed by atoms with Crippen LogP contribution in [0.2, 0.25) is 0 Å². The topological polar surface area (TPSA) is 51.8 Å². The van der Waals surface area contributed by atoms with Crippen molar-refractivity contribution in [1.29, 1.82) is 0 Å². The Balaban J connectivity index is 2.32. The van der Waals surface area contributed by atoms with Gasteiger partial charge in [-0.05, 0) is 28.1 Å². The number of pyridine rings is 2. The fourth-order valence-corrected chi connectivity index (χ4v) is 2.47. The zero-order valence-electron chi connectivity index (χ0n) is 7.72. The van der Waals surface area contributed by atoms with E-state index in [1.807, 2.05) is 12.1 Å². The van der Waals surface area contributed by atoms with Gasteiger partial charge in [-0.25, -0.2) is 0 Å². The molecule has 3 nitrogen and oxygen atoms in total. The van der Waals surface area contributed by atoms with Crippen molar-refractivity contribution < 1.29 is 0 Å². The standard InChI is InChI=1S/C10H8BrN3S/c11-8-5-14-6-9(12)10(8)15-7-1-3-13-4-2-7/h1-6H,12H2. The summed E-state index contributed by atoms with van der Waals surface area (Å²) in [6, 6.07) is 3.88. The zero-order valence-corrected chi connectivity index (χ0v) is 10.1. The second-order valence-electron chi connectivity index (χ2n) is 2.82. The molecule has 2 rings (SSSR count). The van der Waals surface area contributed by atoms with Crippen LogP contribution in [0.1, 0.15) is 0 Å². The highest BCUT2D eigenvalue weighted by molar-refractivity contribution is 9.10. The highest BCUT2D eigenvalue weighted by atomic mass is 79.9. The SMILES string of the molecule is Nc1cncc(Br)c1Sc1ccncc1. The number of hydrogen-bond acceptors (Lipinski definition) is 4. The van der Waals surface area contributed by atoms with Crippen molar-refractivity contribution in [3.63, 3.8) is 0 Å². The van der Waals surface area contributed by atoms with Crippen molar-refractivity contribution in [3.05, 3.63) is 41.4 Å². The Kier molecular flexibility index (Phi) is 3.23. The van der Waals surface area contributed by atoms with E-state index in [2.05, 4.69) is 25.9 Å². The van der Waals surface area contributed by atoms with E-state index in [9.17, 15) is 0 Å². The van der Waals surface area contributed by atoms with Gasteiger partial charge >= 0.3 is 0 Å². The molecule has 0 atom stereocenters. The number of hydrogen-bond donors (Lipinski definition) is 1. The van der Waals surface area contributed by atoms with E-state index >= 15 is 0 Å². The van der Waals surface area contributed by atoms with Crippen LogP contribution in [0.25, 0.3) is 0 Å². The van der Waals surface area contributed by atoms with Gasteiger partial charge < -0.3 is 5.73 Å². The van der Waals surface area contributed by atoms with Crippen molar-refractivity contribution in [2.24, 2.45) is 0 Å². The summed E-state index contributed by atoms with van der Waals surface area (Å²) in [5.41, 5.74) is 6.51. The molecule has 0 aliphatic carbocycles. The first-order valence-electron chi connectivity index (χ1n) is 4.24. The second-order valence-corrected chi connectivity index (χ2v) is 4.76. The average Bonchev–Trinajstić information content (AvgIpc) is 2.25. The van der Waals surface area contributed by atoms with Crippen LogP contribution in [0.5, 0.6) is 0 Å². The van der Waals surface area contributed by atoms with Gasteiger partial charge in [-0.2, -0.15) is 0 Å². The molecule has 0 fully saturated rings. The second kappa shape index (κ2) is 4.63. The lowest BCUT2D eigenvalue weighted by Crippen LogP contribution is -1.90. The van der Waals surface area contributed by atoms with Crippen LogP contribution in [0.3, 0.4) is 0 Å². The third-order valence-corrected chi connectivity index (χ3v) is 3.78. The molecule has 15 heavy (non-hydrogen) atoms. The van der Waals surface area contributed by atoms with Crippen molar-refractivity contribution in [1.82, 2.24) is 9.97 Å². The summed E-state index contributed by atoms with van der Waals surface area (Å²) in [7, 11) is 0. The van der Waals surface area contributed by atoms with Crippen LogP contribution in [-0.2, 0) is 0 Å². The molecule has 0 saturated heterocycles. The molecule has 2 heterocycles. The summed E-state index contributed by atoms with van der Waals surface area (Å²) in [4.78, 5) is 10.0. The number of nitrogens with zero attached hydrogens (tertiary/aromatic N) is 2. The summed E-state index contributed by atoms with van der Waals surface area (Å²) in [6.45, 7) is 0. The summed E-state index contributed by atoms with van der Waals surface area (Å²) < 4.78 is 0.907. The molecule has 76 valence electrons. The Labute approximate surface area is 100 Å². The maximum atomic E-state index is 5.84. The number of nitrogen functional groups attached to an aromatic ring is 1. The molecule has 0 aliphatic heterocycles. The van der Waals surface area contributed by atoms with Gasteiger partial charge in [-0.15, -0.1) is 0 Å². The van der Waals surface area contributed by atoms with Crippen molar-refractivity contribution in [3.8, 4) is 0 Å². The average molecular weight is 282 g/mol. The van der Waals surface area contributed by atoms with Crippen LogP contribution in [0, 0.1) is 0 Å². The summed E-state index contributed by atoms with van der Waals surface area (Å²) in [6.07, 6.45) is 6.90. The third kappa shape index (κ3) is 2.49. The van der Waals surface area contributed by atoms with Gasteiger partial charge in [0.2, 0.25) is 0 Å². The molecule has 0 bridgehead atoms. The number of nitrogens with two attached hydrogens (primary N) is 1. The molecular weight excluding hydrogens is 274 g/mol. The van der Waals surface area contributed by atoms with E-state index in [-0.39, 0.29) is 0 Å². The highest BCUT2D eigenvalue weighted by Gasteiger charge is 2.06. The number of anilines is 1. The smallest absolute Gasteiger partial charge is 0.0653 e. The van der Waals surface area contributed by atoms with E-state index in [1.54, 1.807) is 36.5 Å². The lowest BCUT2D eigenvalue weighted by molar-refractivity contribution is 1.22. The molecule has 0 radical (unpaired) electrons. The van der Waals surface area contributed by atoms with Gasteiger partial charge in [0.05, 0.1) is 21.3 Å². The maximum Gasteiger partial charge on any atom is 0.0653 e. The molecule has 5 heteroatoms. The van der Waals surface area contributed by atoms with Gasteiger partial charge in [0, 0.05) is 23.5 Å². The fourth-order valence-electron chi connectivity index (χ4n) is 1.07. The van der Waals surface area contributed by atoms with E-state index in [0.717, 1.165) is 14.3 Å². The minimum atomic E-state index is 0.672. The molecule has 0 unspecified atom stereocenters. The summed E-state index contributed by atoms with van der Waals surface area (Å²) in [5, 5.41) is 0. The molecule has 0 spiro atoms. The van der Waals surface area contributed by atoms with E-state index < -0.39 is 0 Å². The first kappa shape index (κ1) is 10.4. The normalized spacial score (nSPS) is 10.2. The van der Waals surface area contributed by atoms with E-state index in [4.69, 9.17) is 5.73 Å². The first-order chi connectivity index (χ1) is 7.27. The van der Waals surface area contributed by atoms with E-state index in [1.165, 1.54) is 0 Å². The lowest BCUT2D eigenvalue weighted by atomic mass is 10.4. The van der Waals surface area contributed by atoms with Gasteiger partial charge in [0.1, 0.15) is 0 Å². The Morgan fingerprint density at radius 2 is 1.87 bits per heavy atom. The van der Waals surface area contributed by atoms with Crippen LogP contribution >= 0.6 is 27.7 Å². The molecule has 0 saturated carbocycles. The number of halogens is 1. The van der Waals surface area contributed by atoms with Crippen molar-refractivity contribution in [2.45, 2.75) is 9.79 Å². The molecule has 2 N–H and O–H groups in total. The van der Waals surface area contributed by atoms with Gasteiger partial charge in [-0.1, -0.05) is 11.8 Å². The summed E-state index contributed by atoms with van der Waals surface area (Å²) in [5.74, 6) is 0. The minimum Gasteiger partial charge on any atom is -0.397 e. The van der Waals surface area contributed by atoms with Gasteiger partial charge in [-0.3, -0.25) is 9.97 Å². The molecule has 0 amide bonds. The Morgan fingerprint density at radius 1 is 1.13 bits per heavy atom. The van der Waals surface area contributed by atoms with Crippen molar-refractivity contribution in [2.75, 3.05) is 5.73 Å². The van der Waals surface area contributed by atoms with Crippen LogP contribution < -0.4 is 5.73 Å².